The molecule has 0 fully saturated rings. The van der Waals surface area contributed by atoms with E-state index in [1.165, 1.54) is 47.4 Å². The van der Waals surface area contributed by atoms with Crippen molar-refractivity contribution in [2.75, 3.05) is 5.75 Å². The van der Waals surface area contributed by atoms with Crippen LogP contribution in [0.3, 0.4) is 0 Å². The van der Waals surface area contributed by atoms with Crippen molar-refractivity contribution in [1.29, 1.82) is 0 Å². The monoisotopic (exact) mass is 377 g/mol. The zero-order chi connectivity index (χ0) is 17.8. The van der Waals surface area contributed by atoms with Crippen molar-refractivity contribution < 1.29 is 14.4 Å². The Bertz CT molecular complexity index is 869. The van der Waals surface area contributed by atoms with Gasteiger partial charge in [0, 0.05) is 23.4 Å². The standard InChI is InChI=1S/C16H12FN3O3S2/c17-12-5-1-10(2-6-12)14(21)9-24-16-19-18-15(25-16)11-3-7-13(8-4-11)20(22)23/h1-8,14,21H,9H2/t14-/m1/s1. The lowest BCUT2D eigenvalue weighted by molar-refractivity contribution is -0.384. The number of aliphatic hydroxyl groups is 1. The van der Waals surface area contributed by atoms with Gasteiger partial charge in [0.05, 0.1) is 11.0 Å². The Balaban J connectivity index is 1.63. The summed E-state index contributed by atoms with van der Waals surface area (Å²) < 4.78 is 13.6. The van der Waals surface area contributed by atoms with Crippen molar-refractivity contribution in [2.24, 2.45) is 0 Å². The average Bonchev–Trinajstić information content (AvgIpc) is 3.09. The first-order chi connectivity index (χ1) is 12.0. The lowest BCUT2D eigenvalue weighted by Gasteiger charge is -2.08. The van der Waals surface area contributed by atoms with Crippen molar-refractivity contribution in [3.05, 3.63) is 70.0 Å². The number of nitro benzene ring substituents is 1. The summed E-state index contributed by atoms with van der Waals surface area (Å²) in [6.07, 6.45) is -0.739. The molecule has 2 aromatic carbocycles. The average molecular weight is 377 g/mol. The summed E-state index contributed by atoms with van der Waals surface area (Å²) in [5, 5.41) is 29.6. The minimum Gasteiger partial charge on any atom is -0.388 e. The second-order valence-electron chi connectivity index (χ2n) is 5.06. The van der Waals surface area contributed by atoms with Gasteiger partial charge < -0.3 is 5.11 Å². The SMILES string of the molecule is O=[N+]([O-])c1ccc(-c2nnc(SC[C@@H](O)c3ccc(F)cc3)s2)cc1. The third-order valence-electron chi connectivity index (χ3n) is 3.35. The zero-order valence-electron chi connectivity index (χ0n) is 12.7. The molecule has 0 unspecified atom stereocenters. The van der Waals surface area contributed by atoms with E-state index in [2.05, 4.69) is 10.2 Å². The van der Waals surface area contributed by atoms with E-state index >= 15 is 0 Å². The number of hydrogen-bond acceptors (Lipinski definition) is 7. The van der Waals surface area contributed by atoms with Gasteiger partial charge in [0.2, 0.25) is 0 Å². The summed E-state index contributed by atoms with van der Waals surface area (Å²) in [5.74, 6) is 0.0148. The molecule has 0 aliphatic heterocycles. The fourth-order valence-electron chi connectivity index (χ4n) is 2.04. The molecular weight excluding hydrogens is 365 g/mol. The van der Waals surface area contributed by atoms with Gasteiger partial charge in [-0.15, -0.1) is 10.2 Å². The number of non-ortho nitro benzene ring substituents is 1. The highest BCUT2D eigenvalue weighted by molar-refractivity contribution is 8.01. The molecule has 9 heteroatoms. The van der Waals surface area contributed by atoms with Crippen LogP contribution in [0, 0.1) is 15.9 Å². The number of aliphatic hydroxyl groups excluding tert-OH is 1. The Morgan fingerprint density at radius 2 is 1.84 bits per heavy atom. The van der Waals surface area contributed by atoms with Gasteiger partial charge in [0.25, 0.3) is 5.69 Å². The highest BCUT2D eigenvalue weighted by atomic mass is 32.2. The fraction of sp³-hybridized carbons (Fsp3) is 0.125. The number of aromatic nitrogens is 2. The van der Waals surface area contributed by atoms with Crippen LogP contribution in [0.4, 0.5) is 10.1 Å². The molecule has 0 spiro atoms. The molecule has 1 N–H and O–H groups in total. The van der Waals surface area contributed by atoms with Crippen LogP contribution in [-0.4, -0.2) is 26.0 Å². The van der Waals surface area contributed by atoms with E-state index in [1.54, 1.807) is 24.3 Å². The van der Waals surface area contributed by atoms with Crippen molar-refractivity contribution in [2.45, 2.75) is 10.4 Å². The molecule has 6 nitrogen and oxygen atoms in total. The van der Waals surface area contributed by atoms with Crippen LogP contribution in [0.5, 0.6) is 0 Å². The maximum Gasteiger partial charge on any atom is 0.269 e. The third kappa shape index (κ3) is 4.38. The van der Waals surface area contributed by atoms with E-state index in [0.29, 0.717) is 20.7 Å². The van der Waals surface area contributed by atoms with E-state index in [0.717, 1.165) is 5.56 Å². The smallest absolute Gasteiger partial charge is 0.269 e. The van der Waals surface area contributed by atoms with Gasteiger partial charge in [-0.05, 0) is 29.8 Å². The van der Waals surface area contributed by atoms with Crippen LogP contribution in [0.2, 0.25) is 0 Å². The molecule has 128 valence electrons. The summed E-state index contributed by atoms with van der Waals surface area (Å²) in [7, 11) is 0. The minimum atomic E-state index is -0.739. The van der Waals surface area contributed by atoms with Crippen molar-refractivity contribution >= 4 is 28.8 Å². The normalized spacial score (nSPS) is 12.1. The lowest BCUT2D eigenvalue weighted by atomic mass is 10.1. The van der Waals surface area contributed by atoms with Crippen molar-refractivity contribution in [1.82, 2.24) is 10.2 Å². The van der Waals surface area contributed by atoms with Crippen LogP contribution in [0.25, 0.3) is 10.6 Å². The van der Waals surface area contributed by atoms with Gasteiger partial charge in [-0.3, -0.25) is 10.1 Å². The molecule has 1 atom stereocenters. The molecule has 3 aromatic rings. The Morgan fingerprint density at radius 1 is 1.16 bits per heavy atom. The first-order valence-electron chi connectivity index (χ1n) is 7.17. The highest BCUT2D eigenvalue weighted by Gasteiger charge is 2.13. The number of rotatable bonds is 6. The van der Waals surface area contributed by atoms with Crippen molar-refractivity contribution in [3.8, 4) is 10.6 Å². The Kier molecular flexibility index (Phi) is 5.37. The van der Waals surface area contributed by atoms with Gasteiger partial charge in [0.1, 0.15) is 10.8 Å². The first-order valence-corrected chi connectivity index (χ1v) is 8.98. The Morgan fingerprint density at radius 3 is 2.48 bits per heavy atom. The summed E-state index contributed by atoms with van der Waals surface area (Å²) in [4.78, 5) is 10.2. The van der Waals surface area contributed by atoms with Gasteiger partial charge in [0.15, 0.2) is 4.34 Å². The van der Waals surface area contributed by atoms with E-state index < -0.39 is 11.0 Å². The molecule has 1 heterocycles. The number of halogens is 1. The summed E-state index contributed by atoms with van der Waals surface area (Å²) >= 11 is 2.68. The van der Waals surface area contributed by atoms with Gasteiger partial charge in [-0.1, -0.05) is 35.2 Å². The minimum absolute atomic E-state index is 0.0188. The molecule has 0 saturated carbocycles. The van der Waals surface area contributed by atoms with Crippen LogP contribution >= 0.6 is 23.1 Å². The quantitative estimate of drug-likeness (QED) is 0.396. The predicted molar refractivity (Wildman–Crippen MR) is 94.1 cm³/mol. The summed E-state index contributed by atoms with van der Waals surface area (Å²) in [6.45, 7) is 0. The van der Waals surface area contributed by atoms with Gasteiger partial charge in [-0.2, -0.15) is 0 Å². The predicted octanol–water partition coefficient (Wildman–Crippen LogP) is 4.08. The number of hydrogen-bond donors (Lipinski definition) is 1. The molecule has 0 aliphatic carbocycles. The molecule has 0 bridgehead atoms. The second-order valence-corrected chi connectivity index (χ2v) is 7.30. The second kappa shape index (κ2) is 7.68. The van der Waals surface area contributed by atoms with Crippen molar-refractivity contribution in [3.63, 3.8) is 0 Å². The Labute approximate surface area is 150 Å². The van der Waals surface area contributed by atoms with Crippen LogP contribution < -0.4 is 0 Å². The molecule has 1 aromatic heterocycles. The molecule has 0 radical (unpaired) electrons. The van der Waals surface area contributed by atoms with Crippen LogP contribution in [-0.2, 0) is 0 Å². The highest BCUT2D eigenvalue weighted by Crippen LogP contribution is 2.32. The third-order valence-corrected chi connectivity index (χ3v) is 5.53. The largest absolute Gasteiger partial charge is 0.388 e. The maximum atomic E-state index is 12.9. The molecule has 25 heavy (non-hydrogen) atoms. The topological polar surface area (TPSA) is 89.2 Å². The zero-order valence-corrected chi connectivity index (χ0v) is 14.3. The molecule has 3 rings (SSSR count). The van der Waals surface area contributed by atoms with Gasteiger partial charge in [-0.25, -0.2) is 4.39 Å². The molecule has 0 saturated heterocycles. The molecule has 0 amide bonds. The van der Waals surface area contributed by atoms with E-state index in [9.17, 15) is 19.6 Å². The number of benzene rings is 2. The number of nitro groups is 1. The number of nitrogens with zero attached hydrogens (tertiary/aromatic N) is 3. The van der Waals surface area contributed by atoms with Crippen LogP contribution in [0.15, 0.2) is 52.9 Å². The first kappa shape index (κ1) is 17.5. The maximum absolute atomic E-state index is 12.9. The summed E-state index contributed by atoms with van der Waals surface area (Å²) in [5.41, 5.74) is 1.40. The molecular formula is C16H12FN3O3S2. The van der Waals surface area contributed by atoms with Gasteiger partial charge >= 0.3 is 0 Å². The Hall–Kier alpha value is -2.36. The number of thioether (sulfide) groups is 1. The molecule has 0 aliphatic rings. The summed E-state index contributed by atoms with van der Waals surface area (Å²) in [6, 6.07) is 11.8. The van der Waals surface area contributed by atoms with E-state index in [-0.39, 0.29) is 11.5 Å². The van der Waals surface area contributed by atoms with E-state index in [1.807, 2.05) is 0 Å². The van der Waals surface area contributed by atoms with Crippen LogP contribution in [0.1, 0.15) is 11.7 Å². The fourth-order valence-corrected chi connectivity index (χ4v) is 3.89. The lowest BCUT2D eigenvalue weighted by Crippen LogP contribution is -2.00. The van der Waals surface area contributed by atoms with E-state index in [4.69, 9.17) is 0 Å².